The zero-order chi connectivity index (χ0) is 38.4. The standard InChI is InChI=1S/C42H49FN6O5/c1-4-6-18-46(19-7-5-2)42(54)37-20-28(3)49(45-37)38-17-16-34(23-36(38)41(53)48-26-31-11-9-8-10-30(31)21-35(48)27-50)44-40(52)32-22-39(51)47(25-32)24-29-12-14-33(43)15-13-29/h8-17,20,23,32,35,50H,4-7,18-19,21-22,24-27H2,1-3H3,(H,44,52). The van der Waals surface area contributed by atoms with Gasteiger partial charge in [-0.15, -0.1) is 0 Å². The lowest BCUT2D eigenvalue weighted by atomic mass is 9.93. The first kappa shape index (κ1) is 38.4. The number of fused-ring (bicyclic) bond motifs is 1. The minimum atomic E-state index is -0.626. The minimum absolute atomic E-state index is 0.0269. The minimum Gasteiger partial charge on any atom is -0.394 e. The van der Waals surface area contributed by atoms with E-state index in [4.69, 9.17) is 5.10 Å². The fourth-order valence-corrected chi connectivity index (χ4v) is 7.27. The van der Waals surface area contributed by atoms with Crippen molar-refractivity contribution in [1.29, 1.82) is 0 Å². The third-order valence-electron chi connectivity index (χ3n) is 10.4. The smallest absolute Gasteiger partial charge is 0.274 e. The normalized spacial score (nSPS) is 16.7. The number of hydrogen-bond donors (Lipinski definition) is 2. The number of nitrogens with zero attached hydrogens (tertiary/aromatic N) is 5. The maximum absolute atomic E-state index is 14.7. The lowest BCUT2D eigenvalue weighted by Gasteiger charge is -2.36. The van der Waals surface area contributed by atoms with Crippen molar-refractivity contribution in [2.75, 3.05) is 31.6 Å². The van der Waals surface area contributed by atoms with E-state index in [0.29, 0.717) is 36.6 Å². The molecule has 2 aliphatic heterocycles. The zero-order valence-electron chi connectivity index (χ0n) is 31.3. The number of anilines is 1. The fourth-order valence-electron chi connectivity index (χ4n) is 7.27. The molecule has 54 heavy (non-hydrogen) atoms. The number of unbranched alkanes of at least 4 members (excludes halogenated alkanes) is 2. The molecule has 4 aromatic rings. The van der Waals surface area contributed by atoms with Crippen LogP contribution in [0.25, 0.3) is 5.69 Å². The Kier molecular flexibility index (Phi) is 12.2. The van der Waals surface area contributed by atoms with Crippen molar-refractivity contribution in [3.05, 3.63) is 112 Å². The molecular weight excluding hydrogens is 687 g/mol. The Morgan fingerprint density at radius 1 is 0.944 bits per heavy atom. The summed E-state index contributed by atoms with van der Waals surface area (Å²) in [5, 5.41) is 18.1. The molecule has 0 bridgehead atoms. The Hall–Kier alpha value is -5.36. The van der Waals surface area contributed by atoms with E-state index in [-0.39, 0.29) is 73.4 Å². The molecule has 12 heteroatoms. The molecule has 6 rings (SSSR count). The van der Waals surface area contributed by atoms with E-state index in [1.165, 1.54) is 12.1 Å². The maximum atomic E-state index is 14.7. The van der Waals surface area contributed by atoms with Crippen LogP contribution in [-0.4, -0.2) is 85.5 Å². The summed E-state index contributed by atoms with van der Waals surface area (Å²) in [6.45, 7) is 7.80. The van der Waals surface area contributed by atoms with Gasteiger partial charge in [-0.25, -0.2) is 9.07 Å². The predicted molar refractivity (Wildman–Crippen MR) is 203 cm³/mol. The lowest BCUT2D eigenvalue weighted by Crippen LogP contribution is -2.46. The molecule has 2 N–H and O–H groups in total. The number of rotatable bonds is 14. The number of aliphatic hydroxyl groups is 1. The topological polar surface area (TPSA) is 128 Å². The second-order valence-electron chi connectivity index (χ2n) is 14.3. The van der Waals surface area contributed by atoms with Gasteiger partial charge in [-0.3, -0.25) is 19.2 Å². The number of halogens is 1. The van der Waals surface area contributed by atoms with Crippen LogP contribution in [0.5, 0.6) is 0 Å². The second-order valence-corrected chi connectivity index (χ2v) is 14.3. The van der Waals surface area contributed by atoms with Gasteiger partial charge >= 0.3 is 0 Å². The third kappa shape index (κ3) is 8.54. The van der Waals surface area contributed by atoms with Gasteiger partial charge in [0.1, 0.15) is 5.82 Å². The van der Waals surface area contributed by atoms with Gasteiger partial charge in [0.15, 0.2) is 5.69 Å². The number of carbonyl (C=O) groups is 4. The number of hydrogen-bond acceptors (Lipinski definition) is 6. The molecule has 0 radical (unpaired) electrons. The van der Waals surface area contributed by atoms with Crippen LogP contribution in [0.15, 0.2) is 72.8 Å². The average molecular weight is 737 g/mol. The molecule has 11 nitrogen and oxygen atoms in total. The molecule has 2 aliphatic rings. The molecule has 0 aliphatic carbocycles. The van der Waals surface area contributed by atoms with Gasteiger partial charge in [0.2, 0.25) is 11.8 Å². The summed E-state index contributed by atoms with van der Waals surface area (Å²) < 4.78 is 15.0. The van der Waals surface area contributed by atoms with Crippen molar-refractivity contribution >= 4 is 29.3 Å². The lowest BCUT2D eigenvalue weighted by molar-refractivity contribution is -0.128. The summed E-state index contributed by atoms with van der Waals surface area (Å²) in [4.78, 5) is 59.9. The van der Waals surface area contributed by atoms with E-state index in [1.807, 2.05) is 36.1 Å². The molecule has 1 saturated heterocycles. The number of aromatic nitrogens is 2. The van der Waals surface area contributed by atoms with E-state index < -0.39 is 12.0 Å². The first-order valence-corrected chi connectivity index (χ1v) is 18.9. The largest absolute Gasteiger partial charge is 0.394 e. The Labute approximate surface area is 315 Å². The fraction of sp³-hybridized carbons (Fsp3) is 0.405. The highest BCUT2D eigenvalue weighted by Crippen LogP contribution is 2.30. The quantitative estimate of drug-likeness (QED) is 0.166. The third-order valence-corrected chi connectivity index (χ3v) is 10.4. The molecule has 0 saturated carbocycles. The van der Waals surface area contributed by atoms with Crippen LogP contribution < -0.4 is 5.32 Å². The number of likely N-dealkylation sites (tertiary alicyclic amines) is 1. The predicted octanol–water partition coefficient (Wildman–Crippen LogP) is 5.91. The number of aryl methyl sites for hydroxylation is 1. The van der Waals surface area contributed by atoms with Gasteiger partial charge in [0, 0.05) is 50.5 Å². The molecule has 2 unspecified atom stereocenters. The van der Waals surface area contributed by atoms with Crippen LogP contribution in [0, 0.1) is 18.7 Å². The van der Waals surface area contributed by atoms with Gasteiger partial charge < -0.3 is 25.1 Å². The SMILES string of the molecule is CCCCN(CCCC)C(=O)c1cc(C)n(-c2ccc(NC(=O)C3CC(=O)N(Cc4ccc(F)cc4)C3)cc2C(=O)N2Cc3ccccc3CC2CO)n1. The van der Waals surface area contributed by atoms with E-state index in [2.05, 4.69) is 19.2 Å². The molecular formula is C42H49FN6O5. The highest BCUT2D eigenvalue weighted by atomic mass is 19.1. The number of aliphatic hydroxyl groups excluding tert-OH is 1. The Morgan fingerprint density at radius 2 is 1.65 bits per heavy atom. The van der Waals surface area contributed by atoms with Crippen LogP contribution in [0.3, 0.4) is 0 Å². The van der Waals surface area contributed by atoms with Crippen LogP contribution in [0.1, 0.15) is 89.2 Å². The highest BCUT2D eigenvalue weighted by Gasteiger charge is 2.35. The second kappa shape index (κ2) is 17.2. The van der Waals surface area contributed by atoms with Crippen molar-refractivity contribution in [1.82, 2.24) is 24.5 Å². The van der Waals surface area contributed by atoms with Crippen LogP contribution in [0.2, 0.25) is 0 Å². The monoisotopic (exact) mass is 736 g/mol. The maximum Gasteiger partial charge on any atom is 0.274 e. The van der Waals surface area contributed by atoms with Gasteiger partial charge in [-0.2, -0.15) is 5.10 Å². The van der Waals surface area contributed by atoms with Crippen molar-refractivity contribution in [2.24, 2.45) is 5.92 Å². The average Bonchev–Trinajstić information content (AvgIpc) is 3.76. The Bertz CT molecular complexity index is 1990. The number of amides is 4. The number of nitrogens with one attached hydrogen (secondary N) is 1. The van der Waals surface area contributed by atoms with E-state index in [9.17, 15) is 28.7 Å². The van der Waals surface area contributed by atoms with Gasteiger partial charge in [-0.1, -0.05) is 63.1 Å². The highest BCUT2D eigenvalue weighted by molar-refractivity contribution is 6.02. The van der Waals surface area contributed by atoms with E-state index in [1.54, 1.807) is 50.9 Å². The van der Waals surface area contributed by atoms with Gasteiger partial charge in [0.25, 0.3) is 11.8 Å². The molecule has 2 atom stereocenters. The number of carbonyl (C=O) groups excluding carboxylic acids is 4. The zero-order valence-corrected chi connectivity index (χ0v) is 31.3. The Balaban J connectivity index is 1.30. The van der Waals surface area contributed by atoms with Crippen molar-refractivity contribution in [2.45, 2.75) is 78.4 Å². The first-order valence-electron chi connectivity index (χ1n) is 18.9. The van der Waals surface area contributed by atoms with Crippen molar-refractivity contribution < 1.29 is 28.7 Å². The molecule has 284 valence electrons. The van der Waals surface area contributed by atoms with E-state index in [0.717, 1.165) is 42.4 Å². The van der Waals surface area contributed by atoms with Gasteiger partial charge in [0.05, 0.1) is 29.8 Å². The van der Waals surface area contributed by atoms with Crippen LogP contribution in [-0.2, 0) is 29.1 Å². The van der Waals surface area contributed by atoms with Crippen LogP contribution in [0.4, 0.5) is 10.1 Å². The first-order chi connectivity index (χ1) is 26.1. The number of benzene rings is 3. The molecule has 0 spiro atoms. The molecule has 1 fully saturated rings. The molecule has 4 amide bonds. The summed E-state index contributed by atoms with van der Waals surface area (Å²) >= 11 is 0. The van der Waals surface area contributed by atoms with Crippen molar-refractivity contribution in [3.63, 3.8) is 0 Å². The van der Waals surface area contributed by atoms with Gasteiger partial charge in [-0.05, 0) is 79.3 Å². The molecule has 3 heterocycles. The molecule has 3 aromatic carbocycles. The summed E-state index contributed by atoms with van der Waals surface area (Å²) in [6.07, 6.45) is 4.19. The summed E-state index contributed by atoms with van der Waals surface area (Å²) in [5.74, 6) is -2.04. The van der Waals surface area contributed by atoms with Crippen molar-refractivity contribution in [3.8, 4) is 5.69 Å². The summed E-state index contributed by atoms with van der Waals surface area (Å²) in [7, 11) is 0. The summed E-state index contributed by atoms with van der Waals surface area (Å²) in [6, 6.07) is 20.0. The Morgan fingerprint density at radius 3 is 2.33 bits per heavy atom. The summed E-state index contributed by atoms with van der Waals surface area (Å²) in [5.41, 5.74) is 4.80. The van der Waals surface area contributed by atoms with E-state index >= 15 is 0 Å². The molecule has 1 aromatic heterocycles. The van der Waals surface area contributed by atoms with Crippen LogP contribution >= 0.6 is 0 Å².